The second-order valence-corrected chi connectivity index (χ2v) is 4.78. The minimum atomic E-state index is -0.812. The zero-order valence-corrected chi connectivity index (χ0v) is 9.87. The van der Waals surface area contributed by atoms with Crippen LogP contribution in [0.3, 0.4) is 0 Å². The number of β-amino-alcohol motifs (C(OH)–C–C–N with tert-alkyl or cyclic N) is 1. The highest BCUT2D eigenvalue weighted by atomic mass is 19.2. The number of likely N-dealkylation sites (tertiary alicyclic amines) is 1. The van der Waals surface area contributed by atoms with Gasteiger partial charge in [-0.2, -0.15) is 0 Å². The molecule has 1 N–H and O–H groups in total. The Balaban J connectivity index is 2.04. The number of hydrogen-bond acceptors (Lipinski definition) is 2. The topological polar surface area (TPSA) is 23.5 Å². The Morgan fingerprint density at radius 2 is 2.18 bits per heavy atom. The second-order valence-electron chi connectivity index (χ2n) is 4.78. The van der Waals surface area contributed by atoms with Gasteiger partial charge in [0.25, 0.3) is 0 Å². The Hall–Kier alpha value is -1.00. The van der Waals surface area contributed by atoms with Crippen molar-refractivity contribution in [3.05, 3.63) is 35.4 Å². The van der Waals surface area contributed by atoms with Crippen LogP contribution in [0.1, 0.15) is 18.9 Å². The monoisotopic (exact) mass is 241 g/mol. The van der Waals surface area contributed by atoms with E-state index in [0.29, 0.717) is 18.7 Å². The molecule has 4 heteroatoms. The molecule has 17 heavy (non-hydrogen) atoms. The summed E-state index contributed by atoms with van der Waals surface area (Å²) in [6.07, 6.45) is 0.512. The molecule has 94 valence electrons. The van der Waals surface area contributed by atoms with E-state index < -0.39 is 11.6 Å². The lowest BCUT2D eigenvalue weighted by Gasteiger charge is -2.34. The Kier molecular flexibility index (Phi) is 3.74. The molecule has 0 saturated carbocycles. The van der Waals surface area contributed by atoms with Crippen molar-refractivity contribution in [1.29, 1.82) is 0 Å². The minimum absolute atomic E-state index is 0.281. The molecule has 0 amide bonds. The highest BCUT2D eigenvalue weighted by Crippen LogP contribution is 2.20. The first-order valence-electron chi connectivity index (χ1n) is 5.91. The summed E-state index contributed by atoms with van der Waals surface area (Å²) in [4.78, 5) is 1.96. The molecule has 0 spiro atoms. The lowest BCUT2D eigenvalue weighted by atomic mass is 9.96. The molecule has 1 aliphatic rings. The Bertz CT molecular complexity index is 397. The van der Waals surface area contributed by atoms with E-state index in [1.807, 2.05) is 11.8 Å². The van der Waals surface area contributed by atoms with Crippen LogP contribution in [0, 0.1) is 17.6 Å². The molecular weight excluding hydrogens is 224 g/mol. The zero-order valence-electron chi connectivity index (χ0n) is 9.87. The number of aliphatic hydroxyl groups is 1. The summed E-state index contributed by atoms with van der Waals surface area (Å²) in [6.45, 7) is 3.70. The Morgan fingerprint density at radius 1 is 1.41 bits per heavy atom. The van der Waals surface area contributed by atoms with Crippen LogP contribution in [-0.2, 0) is 6.54 Å². The van der Waals surface area contributed by atoms with Crippen LogP contribution in [0.15, 0.2) is 18.2 Å². The number of piperidine rings is 1. The second kappa shape index (κ2) is 5.10. The summed E-state index contributed by atoms with van der Waals surface area (Å²) in [5.41, 5.74) is 0.353. The van der Waals surface area contributed by atoms with Gasteiger partial charge in [-0.15, -0.1) is 0 Å². The average molecular weight is 241 g/mol. The smallest absolute Gasteiger partial charge is 0.163 e. The maximum Gasteiger partial charge on any atom is 0.163 e. The third kappa shape index (κ3) is 2.82. The van der Waals surface area contributed by atoms with E-state index in [1.165, 1.54) is 6.07 Å². The summed E-state index contributed by atoms with van der Waals surface area (Å²) in [5.74, 6) is -1.31. The summed E-state index contributed by atoms with van der Waals surface area (Å²) in [7, 11) is 0. The molecule has 2 atom stereocenters. The average Bonchev–Trinajstić information content (AvgIpc) is 2.30. The van der Waals surface area contributed by atoms with E-state index in [0.717, 1.165) is 19.0 Å². The van der Waals surface area contributed by atoms with Crippen LogP contribution < -0.4 is 0 Å². The third-order valence-corrected chi connectivity index (χ3v) is 3.43. The largest absolute Gasteiger partial charge is 0.392 e. The molecule has 1 saturated heterocycles. The molecule has 0 radical (unpaired) electrons. The van der Waals surface area contributed by atoms with Gasteiger partial charge in [-0.3, -0.25) is 4.90 Å². The fraction of sp³-hybridized carbons (Fsp3) is 0.538. The van der Waals surface area contributed by atoms with Crippen molar-refractivity contribution in [2.75, 3.05) is 13.1 Å². The van der Waals surface area contributed by atoms with E-state index in [2.05, 4.69) is 0 Å². The standard InChI is InChI=1S/C13H17F2NO/c1-9-5-6-16(8-12(9)17)7-10-3-2-4-11(14)13(10)15/h2-4,9,12,17H,5-8H2,1H3. The maximum absolute atomic E-state index is 13.5. The van der Waals surface area contributed by atoms with Crippen LogP contribution in [0.25, 0.3) is 0 Å². The first-order chi connectivity index (χ1) is 8.08. The summed E-state index contributed by atoms with van der Waals surface area (Å²) < 4.78 is 26.5. The Labute approximate surface area is 99.9 Å². The maximum atomic E-state index is 13.5. The van der Waals surface area contributed by atoms with Crippen molar-refractivity contribution in [2.24, 2.45) is 5.92 Å². The van der Waals surface area contributed by atoms with Gasteiger partial charge in [0.05, 0.1) is 6.10 Å². The van der Waals surface area contributed by atoms with E-state index >= 15 is 0 Å². The van der Waals surface area contributed by atoms with Gasteiger partial charge in [0.2, 0.25) is 0 Å². The molecule has 1 aliphatic heterocycles. The van der Waals surface area contributed by atoms with Gasteiger partial charge in [-0.05, 0) is 24.9 Å². The highest BCUT2D eigenvalue weighted by Gasteiger charge is 2.24. The summed E-state index contributed by atoms with van der Waals surface area (Å²) >= 11 is 0. The van der Waals surface area contributed by atoms with Crippen molar-refractivity contribution in [3.63, 3.8) is 0 Å². The zero-order chi connectivity index (χ0) is 12.4. The number of halogens is 2. The predicted octanol–water partition coefficient (Wildman–Crippen LogP) is 2.17. The van der Waals surface area contributed by atoms with Crippen LogP contribution in [0.2, 0.25) is 0 Å². The van der Waals surface area contributed by atoms with Crippen LogP contribution >= 0.6 is 0 Å². The van der Waals surface area contributed by atoms with Crippen molar-refractivity contribution in [1.82, 2.24) is 4.90 Å². The van der Waals surface area contributed by atoms with Gasteiger partial charge in [0, 0.05) is 18.7 Å². The van der Waals surface area contributed by atoms with E-state index in [1.54, 1.807) is 6.07 Å². The van der Waals surface area contributed by atoms with Crippen LogP contribution in [0.5, 0.6) is 0 Å². The first kappa shape index (κ1) is 12.5. The van der Waals surface area contributed by atoms with Gasteiger partial charge < -0.3 is 5.11 Å². The number of hydrogen-bond donors (Lipinski definition) is 1. The van der Waals surface area contributed by atoms with Crippen LogP contribution in [0.4, 0.5) is 8.78 Å². The van der Waals surface area contributed by atoms with Crippen molar-refractivity contribution < 1.29 is 13.9 Å². The SMILES string of the molecule is CC1CCN(Cc2cccc(F)c2F)CC1O. The van der Waals surface area contributed by atoms with E-state index in [4.69, 9.17) is 0 Å². The molecule has 1 heterocycles. The third-order valence-electron chi connectivity index (χ3n) is 3.43. The molecule has 0 aliphatic carbocycles. The number of nitrogens with zero attached hydrogens (tertiary/aromatic N) is 1. The highest BCUT2D eigenvalue weighted by molar-refractivity contribution is 5.18. The number of aliphatic hydroxyl groups excluding tert-OH is 1. The molecule has 0 bridgehead atoms. The molecule has 2 nitrogen and oxygen atoms in total. The van der Waals surface area contributed by atoms with Crippen molar-refractivity contribution in [2.45, 2.75) is 26.0 Å². The molecule has 0 aromatic heterocycles. The first-order valence-corrected chi connectivity index (χ1v) is 5.91. The van der Waals surface area contributed by atoms with Gasteiger partial charge in [0.15, 0.2) is 11.6 Å². The van der Waals surface area contributed by atoms with Crippen molar-refractivity contribution in [3.8, 4) is 0 Å². The number of rotatable bonds is 2. The molecule has 1 aromatic carbocycles. The normalized spacial score (nSPS) is 26.1. The molecule has 2 rings (SSSR count). The minimum Gasteiger partial charge on any atom is -0.392 e. The van der Waals surface area contributed by atoms with Crippen LogP contribution in [-0.4, -0.2) is 29.2 Å². The van der Waals surface area contributed by atoms with Gasteiger partial charge >= 0.3 is 0 Å². The van der Waals surface area contributed by atoms with Gasteiger partial charge in [-0.1, -0.05) is 19.1 Å². The summed E-state index contributed by atoms with van der Waals surface area (Å²) in [6, 6.07) is 4.21. The fourth-order valence-corrected chi connectivity index (χ4v) is 2.17. The van der Waals surface area contributed by atoms with Gasteiger partial charge in [-0.25, -0.2) is 8.78 Å². The fourth-order valence-electron chi connectivity index (χ4n) is 2.17. The predicted molar refractivity (Wildman–Crippen MR) is 61.4 cm³/mol. The molecule has 1 aromatic rings. The van der Waals surface area contributed by atoms with E-state index in [9.17, 15) is 13.9 Å². The molecule has 2 unspecified atom stereocenters. The number of benzene rings is 1. The van der Waals surface area contributed by atoms with Gasteiger partial charge in [0.1, 0.15) is 0 Å². The van der Waals surface area contributed by atoms with Crippen molar-refractivity contribution >= 4 is 0 Å². The molecular formula is C13H17F2NO. The van der Waals surface area contributed by atoms with E-state index in [-0.39, 0.29) is 12.0 Å². The molecule has 1 fully saturated rings. The summed E-state index contributed by atoms with van der Waals surface area (Å²) in [5, 5.41) is 9.74. The Morgan fingerprint density at radius 3 is 2.88 bits per heavy atom. The quantitative estimate of drug-likeness (QED) is 0.857. The lowest BCUT2D eigenvalue weighted by molar-refractivity contribution is 0.0254. The lowest BCUT2D eigenvalue weighted by Crippen LogP contribution is -2.42.